The second kappa shape index (κ2) is 5.60. The summed E-state index contributed by atoms with van der Waals surface area (Å²) >= 11 is 0. The van der Waals surface area contributed by atoms with E-state index in [1.165, 1.54) is 32.8 Å². The molecule has 2 fully saturated rings. The summed E-state index contributed by atoms with van der Waals surface area (Å²) in [5, 5.41) is 3.55. The summed E-state index contributed by atoms with van der Waals surface area (Å²) in [6, 6.07) is 3.87. The lowest BCUT2D eigenvalue weighted by Gasteiger charge is -2.29. The van der Waals surface area contributed by atoms with Gasteiger partial charge in [-0.1, -0.05) is 13.3 Å². The van der Waals surface area contributed by atoms with E-state index in [9.17, 15) is 4.79 Å². The fourth-order valence-electron chi connectivity index (χ4n) is 4.12. The number of hydrogen-bond donors (Lipinski definition) is 1. The Bertz CT molecular complexity index is 482. The van der Waals surface area contributed by atoms with Crippen LogP contribution in [0.5, 0.6) is 0 Å². The number of hydrogen-bond acceptors (Lipinski definition) is 4. The van der Waals surface area contributed by atoms with Crippen molar-refractivity contribution in [2.24, 2.45) is 17.8 Å². The van der Waals surface area contributed by atoms with Gasteiger partial charge in [-0.2, -0.15) is 0 Å². The molecule has 1 aromatic heterocycles. The first kappa shape index (κ1) is 13.7. The van der Waals surface area contributed by atoms with E-state index in [0.29, 0.717) is 11.7 Å². The predicted octanol–water partition coefficient (Wildman–Crippen LogP) is 3.15. The molecule has 1 N–H and O–H groups in total. The third kappa shape index (κ3) is 2.37. The number of esters is 1. The first-order chi connectivity index (χ1) is 9.72. The molecule has 1 aromatic rings. The molecular formula is C16H23NO3. The minimum Gasteiger partial charge on any atom is -0.463 e. The van der Waals surface area contributed by atoms with E-state index >= 15 is 0 Å². The summed E-state index contributed by atoms with van der Waals surface area (Å²) in [6.07, 6.45) is 5.40. The second-order valence-corrected chi connectivity index (χ2v) is 6.07. The summed E-state index contributed by atoms with van der Waals surface area (Å²) in [5.41, 5.74) is 0. The van der Waals surface area contributed by atoms with Crippen molar-refractivity contribution in [2.75, 3.05) is 13.7 Å². The zero-order chi connectivity index (χ0) is 14.1. The van der Waals surface area contributed by atoms with Gasteiger partial charge in [0.05, 0.1) is 13.2 Å². The molecule has 2 bridgehead atoms. The topological polar surface area (TPSA) is 51.5 Å². The van der Waals surface area contributed by atoms with Gasteiger partial charge in [0.2, 0.25) is 5.76 Å². The number of methoxy groups -OCH3 is 1. The summed E-state index contributed by atoms with van der Waals surface area (Å²) in [6.45, 7) is 3.02. The van der Waals surface area contributed by atoms with Crippen LogP contribution in [-0.4, -0.2) is 19.6 Å². The Balaban J connectivity index is 1.80. The van der Waals surface area contributed by atoms with Crippen molar-refractivity contribution in [3.63, 3.8) is 0 Å². The lowest BCUT2D eigenvalue weighted by molar-refractivity contribution is 0.0560. The number of carbonyl (C=O) groups excluding carboxylic acids is 1. The standard InChI is InChI=1S/C16H23NO3/c1-3-17-15(12-9-10-4-5-11(12)8-10)13-6-7-14(20-13)16(18)19-2/h6-7,10-12,15,17H,3-5,8-9H2,1-2H3. The highest BCUT2D eigenvalue weighted by atomic mass is 16.5. The molecule has 4 atom stereocenters. The summed E-state index contributed by atoms with van der Waals surface area (Å²) in [7, 11) is 1.38. The van der Waals surface area contributed by atoms with Crippen LogP contribution >= 0.6 is 0 Å². The van der Waals surface area contributed by atoms with E-state index in [4.69, 9.17) is 9.15 Å². The van der Waals surface area contributed by atoms with Crippen LogP contribution in [-0.2, 0) is 4.74 Å². The minimum absolute atomic E-state index is 0.230. The average Bonchev–Trinajstić information content (AvgIpc) is 3.19. The van der Waals surface area contributed by atoms with Crippen molar-refractivity contribution < 1.29 is 13.9 Å². The van der Waals surface area contributed by atoms with Gasteiger partial charge in [-0.25, -0.2) is 4.79 Å². The van der Waals surface area contributed by atoms with Crippen LogP contribution in [0, 0.1) is 17.8 Å². The Labute approximate surface area is 119 Å². The van der Waals surface area contributed by atoms with Crippen LogP contribution in [0.3, 0.4) is 0 Å². The number of rotatable bonds is 5. The first-order valence-corrected chi connectivity index (χ1v) is 7.64. The fraction of sp³-hybridized carbons (Fsp3) is 0.688. The first-order valence-electron chi connectivity index (χ1n) is 7.64. The molecule has 0 saturated heterocycles. The van der Waals surface area contributed by atoms with Gasteiger partial charge in [0, 0.05) is 0 Å². The van der Waals surface area contributed by atoms with Gasteiger partial charge >= 0.3 is 5.97 Å². The van der Waals surface area contributed by atoms with Crippen LogP contribution in [0.15, 0.2) is 16.5 Å². The van der Waals surface area contributed by atoms with Crippen LogP contribution in [0.25, 0.3) is 0 Å². The average molecular weight is 277 g/mol. The molecule has 0 aromatic carbocycles. The smallest absolute Gasteiger partial charge is 0.373 e. The van der Waals surface area contributed by atoms with Crippen LogP contribution < -0.4 is 5.32 Å². The zero-order valence-corrected chi connectivity index (χ0v) is 12.2. The van der Waals surface area contributed by atoms with Gasteiger partial charge in [0.15, 0.2) is 0 Å². The summed E-state index contributed by atoms with van der Waals surface area (Å²) in [5.74, 6) is 3.14. The number of carbonyl (C=O) groups is 1. The molecule has 110 valence electrons. The number of fused-ring (bicyclic) bond motifs is 2. The fourth-order valence-corrected chi connectivity index (χ4v) is 4.12. The maximum atomic E-state index is 11.5. The Hall–Kier alpha value is -1.29. The highest BCUT2D eigenvalue weighted by Gasteiger charge is 2.44. The molecule has 1 heterocycles. The van der Waals surface area contributed by atoms with Crippen molar-refractivity contribution in [3.05, 3.63) is 23.7 Å². The van der Waals surface area contributed by atoms with Gasteiger partial charge < -0.3 is 14.5 Å². The van der Waals surface area contributed by atoms with Gasteiger partial charge in [0.1, 0.15) is 5.76 Å². The number of furan rings is 1. The number of nitrogens with one attached hydrogen (secondary N) is 1. The van der Waals surface area contributed by atoms with Gasteiger partial charge in [0.25, 0.3) is 0 Å². The molecule has 4 nitrogen and oxygen atoms in total. The minimum atomic E-state index is -0.403. The van der Waals surface area contributed by atoms with Crippen molar-refractivity contribution in [1.82, 2.24) is 5.32 Å². The number of ether oxygens (including phenoxy) is 1. The lowest BCUT2D eigenvalue weighted by atomic mass is 9.82. The van der Waals surface area contributed by atoms with Gasteiger partial charge in [-0.15, -0.1) is 0 Å². The molecule has 0 aliphatic heterocycles. The molecule has 4 unspecified atom stereocenters. The molecule has 4 heteroatoms. The van der Waals surface area contributed by atoms with E-state index in [0.717, 1.165) is 24.1 Å². The molecule has 2 aliphatic rings. The molecule has 2 saturated carbocycles. The molecule has 0 spiro atoms. The molecular weight excluding hydrogens is 254 g/mol. The zero-order valence-electron chi connectivity index (χ0n) is 12.2. The lowest BCUT2D eigenvalue weighted by Crippen LogP contribution is -2.31. The Morgan fingerprint density at radius 1 is 1.45 bits per heavy atom. The van der Waals surface area contributed by atoms with Crippen molar-refractivity contribution in [2.45, 2.75) is 38.6 Å². The van der Waals surface area contributed by atoms with E-state index in [-0.39, 0.29) is 6.04 Å². The highest BCUT2D eigenvalue weighted by Crippen LogP contribution is 2.52. The van der Waals surface area contributed by atoms with Crippen molar-refractivity contribution in [1.29, 1.82) is 0 Å². The van der Waals surface area contributed by atoms with Gasteiger partial charge in [-0.3, -0.25) is 0 Å². The van der Waals surface area contributed by atoms with Crippen molar-refractivity contribution >= 4 is 5.97 Å². The van der Waals surface area contributed by atoms with Crippen LogP contribution in [0.1, 0.15) is 55.0 Å². The van der Waals surface area contributed by atoms with Crippen molar-refractivity contribution in [3.8, 4) is 0 Å². The maximum Gasteiger partial charge on any atom is 0.373 e. The van der Waals surface area contributed by atoms with Crippen LogP contribution in [0.2, 0.25) is 0 Å². The third-order valence-electron chi connectivity index (χ3n) is 4.96. The predicted molar refractivity (Wildman–Crippen MR) is 75.4 cm³/mol. The Morgan fingerprint density at radius 2 is 2.30 bits per heavy atom. The monoisotopic (exact) mass is 277 g/mol. The molecule has 0 amide bonds. The normalized spacial score (nSPS) is 29.6. The maximum absolute atomic E-state index is 11.5. The van der Waals surface area contributed by atoms with E-state index < -0.39 is 5.97 Å². The quantitative estimate of drug-likeness (QED) is 0.840. The third-order valence-corrected chi connectivity index (χ3v) is 4.96. The van der Waals surface area contributed by atoms with E-state index in [2.05, 4.69) is 12.2 Å². The summed E-state index contributed by atoms with van der Waals surface area (Å²) in [4.78, 5) is 11.5. The molecule has 2 aliphatic carbocycles. The second-order valence-electron chi connectivity index (χ2n) is 6.07. The highest BCUT2D eigenvalue weighted by molar-refractivity contribution is 5.86. The SMILES string of the molecule is CCNC(c1ccc(C(=O)OC)o1)C1CC2CCC1C2. The van der Waals surface area contributed by atoms with E-state index in [1.807, 2.05) is 6.07 Å². The molecule has 3 rings (SSSR count). The Morgan fingerprint density at radius 3 is 2.90 bits per heavy atom. The molecule has 0 radical (unpaired) electrons. The summed E-state index contributed by atoms with van der Waals surface area (Å²) < 4.78 is 10.4. The largest absolute Gasteiger partial charge is 0.463 e. The van der Waals surface area contributed by atoms with Crippen LogP contribution in [0.4, 0.5) is 0 Å². The molecule has 20 heavy (non-hydrogen) atoms. The van der Waals surface area contributed by atoms with Gasteiger partial charge in [-0.05, 0) is 55.7 Å². The Kier molecular flexibility index (Phi) is 3.83. The van der Waals surface area contributed by atoms with E-state index in [1.54, 1.807) is 6.07 Å².